The highest BCUT2D eigenvalue weighted by Crippen LogP contribution is 2.24. The molecule has 4 rings (SSSR count). The standard InChI is InChI=1S/C27H29N3O4/c1-18(2)15-30-23-17-29(16-20-11-8-10-19-9-4-5-12-21(19)20)22(13-6-7-14-24(31)32)25(23)26(33)28(3)27(30)34/h4-12,17-18H,13-16H2,1-3H3,(H,31,32)/b7-6+. The summed E-state index contributed by atoms with van der Waals surface area (Å²) >= 11 is 0. The van der Waals surface area contributed by atoms with Crippen LogP contribution in [0.1, 0.15) is 31.5 Å². The molecule has 0 bridgehead atoms. The molecular weight excluding hydrogens is 430 g/mol. The molecule has 0 spiro atoms. The van der Waals surface area contributed by atoms with E-state index in [1.807, 2.05) is 42.8 Å². The monoisotopic (exact) mass is 459 g/mol. The van der Waals surface area contributed by atoms with Crippen LogP contribution in [-0.2, 0) is 31.4 Å². The van der Waals surface area contributed by atoms with Gasteiger partial charge in [-0.25, -0.2) is 4.79 Å². The van der Waals surface area contributed by atoms with Gasteiger partial charge in [-0.15, -0.1) is 0 Å². The molecule has 7 heteroatoms. The van der Waals surface area contributed by atoms with Crippen molar-refractivity contribution in [2.75, 3.05) is 0 Å². The summed E-state index contributed by atoms with van der Waals surface area (Å²) in [5, 5.41) is 11.7. The van der Waals surface area contributed by atoms with Gasteiger partial charge in [0.25, 0.3) is 5.56 Å². The fraction of sp³-hybridized carbons (Fsp3) is 0.296. The summed E-state index contributed by atoms with van der Waals surface area (Å²) in [6.45, 7) is 5.09. The number of allylic oxidation sites excluding steroid dienone is 1. The summed E-state index contributed by atoms with van der Waals surface area (Å²) in [7, 11) is 1.51. The quantitative estimate of drug-likeness (QED) is 0.405. The van der Waals surface area contributed by atoms with Crippen LogP contribution in [0.5, 0.6) is 0 Å². The molecule has 0 amide bonds. The van der Waals surface area contributed by atoms with E-state index >= 15 is 0 Å². The van der Waals surface area contributed by atoms with Gasteiger partial charge in [-0.2, -0.15) is 0 Å². The van der Waals surface area contributed by atoms with Gasteiger partial charge in [0.2, 0.25) is 0 Å². The van der Waals surface area contributed by atoms with Gasteiger partial charge < -0.3 is 9.67 Å². The Hall–Kier alpha value is -3.87. The Kier molecular flexibility index (Phi) is 6.54. The first kappa shape index (κ1) is 23.3. The maximum atomic E-state index is 13.2. The zero-order valence-electron chi connectivity index (χ0n) is 19.7. The summed E-state index contributed by atoms with van der Waals surface area (Å²) < 4.78 is 4.86. The van der Waals surface area contributed by atoms with Crippen LogP contribution in [0.3, 0.4) is 0 Å². The van der Waals surface area contributed by atoms with Crippen LogP contribution in [0, 0.1) is 5.92 Å². The third kappa shape index (κ3) is 4.46. The van der Waals surface area contributed by atoms with Crippen LogP contribution in [-0.4, -0.2) is 24.8 Å². The molecule has 34 heavy (non-hydrogen) atoms. The van der Waals surface area contributed by atoms with Gasteiger partial charge >= 0.3 is 11.7 Å². The smallest absolute Gasteiger partial charge is 0.331 e. The first-order chi connectivity index (χ1) is 16.3. The Labute approximate surface area is 197 Å². The first-order valence-corrected chi connectivity index (χ1v) is 11.4. The Morgan fingerprint density at radius 3 is 2.53 bits per heavy atom. The summed E-state index contributed by atoms with van der Waals surface area (Å²) in [6.07, 6.45) is 5.56. The second-order valence-corrected chi connectivity index (χ2v) is 9.03. The van der Waals surface area contributed by atoms with Gasteiger partial charge in [-0.1, -0.05) is 68.5 Å². The van der Waals surface area contributed by atoms with Crippen LogP contribution in [0.4, 0.5) is 0 Å². The van der Waals surface area contributed by atoms with Gasteiger partial charge in [0.1, 0.15) is 0 Å². The molecule has 2 heterocycles. The highest BCUT2D eigenvalue weighted by atomic mass is 16.4. The molecule has 0 radical (unpaired) electrons. The van der Waals surface area contributed by atoms with Crippen molar-refractivity contribution in [2.45, 2.75) is 39.8 Å². The fourth-order valence-corrected chi connectivity index (χ4v) is 4.45. The number of fused-ring (bicyclic) bond motifs is 2. The Morgan fingerprint density at radius 1 is 1.06 bits per heavy atom. The molecule has 1 N–H and O–H groups in total. The van der Waals surface area contributed by atoms with E-state index in [9.17, 15) is 14.4 Å². The van der Waals surface area contributed by atoms with Crippen LogP contribution in [0.15, 0.2) is 70.4 Å². The highest BCUT2D eigenvalue weighted by molar-refractivity contribution is 5.86. The molecule has 0 aliphatic rings. The van der Waals surface area contributed by atoms with Crippen molar-refractivity contribution < 1.29 is 9.90 Å². The van der Waals surface area contributed by atoms with Gasteiger partial charge in [0.15, 0.2) is 0 Å². The van der Waals surface area contributed by atoms with Crippen LogP contribution < -0.4 is 11.2 Å². The zero-order valence-corrected chi connectivity index (χ0v) is 19.7. The molecule has 2 aromatic heterocycles. The number of benzene rings is 2. The van der Waals surface area contributed by atoms with E-state index in [1.165, 1.54) is 7.05 Å². The number of rotatable bonds is 8. The van der Waals surface area contributed by atoms with Crippen molar-refractivity contribution >= 4 is 27.6 Å². The van der Waals surface area contributed by atoms with E-state index in [2.05, 4.69) is 24.3 Å². The number of carboxylic acids is 1. The highest BCUT2D eigenvalue weighted by Gasteiger charge is 2.19. The topological polar surface area (TPSA) is 86.2 Å². The largest absolute Gasteiger partial charge is 0.481 e. The SMILES string of the molecule is CC(C)Cn1c(=O)n(C)c(=O)c2c(C/C=C/CC(=O)O)n(Cc3cccc4ccccc34)cc21. The maximum absolute atomic E-state index is 13.2. The third-order valence-electron chi connectivity index (χ3n) is 6.04. The van der Waals surface area contributed by atoms with Crippen LogP contribution in [0.2, 0.25) is 0 Å². The molecule has 176 valence electrons. The van der Waals surface area contributed by atoms with E-state index in [0.717, 1.165) is 26.6 Å². The molecule has 0 saturated heterocycles. The Morgan fingerprint density at radius 2 is 1.79 bits per heavy atom. The molecule has 0 aliphatic heterocycles. The van der Waals surface area contributed by atoms with E-state index in [1.54, 1.807) is 16.7 Å². The number of carboxylic acid groups (broad SMARTS) is 1. The maximum Gasteiger partial charge on any atom is 0.331 e. The van der Waals surface area contributed by atoms with E-state index in [4.69, 9.17) is 5.11 Å². The van der Waals surface area contributed by atoms with Crippen molar-refractivity contribution in [3.8, 4) is 0 Å². The number of aromatic nitrogens is 3. The van der Waals surface area contributed by atoms with Crippen molar-refractivity contribution in [3.05, 3.63) is 92.9 Å². The molecule has 0 saturated carbocycles. The van der Waals surface area contributed by atoms with Gasteiger partial charge in [-0.05, 0) is 22.3 Å². The van der Waals surface area contributed by atoms with Gasteiger partial charge in [-0.3, -0.25) is 18.7 Å². The zero-order chi connectivity index (χ0) is 24.4. The minimum atomic E-state index is -0.908. The molecule has 0 fully saturated rings. The van der Waals surface area contributed by atoms with Crippen LogP contribution in [0.25, 0.3) is 21.7 Å². The molecule has 4 aromatic rings. The summed E-state index contributed by atoms with van der Waals surface area (Å²) in [5.74, 6) is -0.687. The number of hydrogen-bond donors (Lipinski definition) is 1. The second kappa shape index (κ2) is 9.55. The number of aliphatic carboxylic acids is 1. The molecule has 7 nitrogen and oxygen atoms in total. The normalized spacial score (nSPS) is 11.9. The Bertz CT molecular complexity index is 1510. The minimum absolute atomic E-state index is 0.0853. The van der Waals surface area contributed by atoms with Crippen molar-refractivity contribution in [3.63, 3.8) is 0 Å². The fourth-order valence-electron chi connectivity index (χ4n) is 4.45. The molecule has 2 aromatic carbocycles. The molecule has 0 atom stereocenters. The van der Waals surface area contributed by atoms with E-state index in [-0.39, 0.29) is 23.6 Å². The average molecular weight is 460 g/mol. The molecule has 0 unspecified atom stereocenters. The summed E-state index contributed by atoms with van der Waals surface area (Å²) in [6, 6.07) is 14.3. The first-order valence-electron chi connectivity index (χ1n) is 11.4. The average Bonchev–Trinajstić information content (AvgIpc) is 3.16. The summed E-state index contributed by atoms with van der Waals surface area (Å²) in [4.78, 5) is 37.2. The third-order valence-corrected chi connectivity index (χ3v) is 6.04. The summed E-state index contributed by atoms with van der Waals surface area (Å²) in [5.41, 5.74) is 1.81. The predicted octanol–water partition coefficient (Wildman–Crippen LogP) is 3.93. The lowest BCUT2D eigenvalue weighted by molar-refractivity contribution is -0.136. The second-order valence-electron chi connectivity index (χ2n) is 9.03. The van der Waals surface area contributed by atoms with Gasteiger partial charge in [0, 0.05) is 38.4 Å². The lowest BCUT2D eigenvalue weighted by Crippen LogP contribution is -2.38. The molecule has 0 aliphatic carbocycles. The minimum Gasteiger partial charge on any atom is -0.481 e. The van der Waals surface area contributed by atoms with Gasteiger partial charge in [0.05, 0.1) is 17.3 Å². The predicted molar refractivity (Wildman–Crippen MR) is 134 cm³/mol. The molecular formula is C27H29N3O4. The van der Waals surface area contributed by atoms with Crippen molar-refractivity contribution in [1.82, 2.24) is 13.7 Å². The van der Waals surface area contributed by atoms with E-state index in [0.29, 0.717) is 30.4 Å². The number of nitrogens with zero attached hydrogens (tertiary/aromatic N) is 3. The number of hydrogen-bond acceptors (Lipinski definition) is 3. The van der Waals surface area contributed by atoms with Crippen molar-refractivity contribution in [1.29, 1.82) is 0 Å². The Balaban J connectivity index is 1.93. The van der Waals surface area contributed by atoms with E-state index < -0.39 is 5.97 Å². The number of carbonyl (C=O) groups is 1. The van der Waals surface area contributed by atoms with Crippen molar-refractivity contribution in [2.24, 2.45) is 13.0 Å². The lowest BCUT2D eigenvalue weighted by Gasteiger charge is -2.12. The van der Waals surface area contributed by atoms with Crippen LogP contribution >= 0.6 is 0 Å². The lowest BCUT2D eigenvalue weighted by atomic mass is 10.0.